The first kappa shape index (κ1) is 9.21. The first-order chi connectivity index (χ1) is 6.84. The molecule has 1 aromatic heterocycles. The van der Waals surface area contributed by atoms with Gasteiger partial charge in [0.2, 0.25) is 0 Å². The molecule has 1 saturated heterocycles. The smallest absolute Gasteiger partial charge is 0.131 e. The van der Waals surface area contributed by atoms with Crippen LogP contribution in [0.1, 0.15) is 12.8 Å². The molecule has 0 spiro atoms. The highest BCUT2D eigenvalue weighted by Gasteiger charge is 2.14. The van der Waals surface area contributed by atoms with Gasteiger partial charge in [-0.05, 0) is 12.8 Å². The van der Waals surface area contributed by atoms with E-state index in [1.54, 1.807) is 6.07 Å². The Bertz CT molecular complexity index is 299. The number of hydrogen-bond acceptors (Lipinski definition) is 5. The molecule has 0 amide bonds. The Morgan fingerprint density at radius 3 is 3.21 bits per heavy atom. The number of ether oxygens (including phenoxy) is 1. The fourth-order valence-electron chi connectivity index (χ4n) is 1.49. The molecule has 0 saturated carbocycles. The molecule has 5 heteroatoms. The van der Waals surface area contributed by atoms with Crippen LogP contribution in [0.5, 0.6) is 0 Å². The van der Waals surface area contributed by atoms with E-state index < -0.39 is 0 Å². The standard InChI is InChI=1S/C9H14N4O/c10-8-4-9(13-6-12-8)11-5-7-2-1-3-14-7/h4,6-7H,1-3,5H2,(H3,10,11,12,13). The molecule has 1 aliphatic heterocycles. The van der Waals surface area contributed by atoms with Crippen LogP contribution in [0.4, 0.5) is 11.6 Å². The molecule has 1 aliphatic rings. The van der Waals surface area contributed by atoms with Crippen LogP contribution in [0, 0.1) is 0 Å². The Labute approximate surface area is 82.7 Å². The van der Waals surface area contributed by atoms with E-state index in [4.69, 9.17) is 10.5 Å². The van der Waals surface area contributed by atoms with Crippen molar-refractivity contribution in [2.75, 3.05) is 24.2 Å². The third-order valence-corrected chi connectivity index (χ3v) is 2.22. The topological polar surface area (TPSA) is 73.1 Å². The molecule has 2 rings (SSSR count). The number of nitrogens with zero attached hydrogens (tertiary/aromatic N) is 2. The molecular formula is C9H14N4O. The fraction of sp³-hybridized carbons (Fsp3) is 0.556. The van der Waals surface area contributed by atoms with E-state index in [-0.39, 0.29) is 0 Å². The summed E-state index contributed by atoms with van der Waals surface area (Å²) in [7, 11) is 0. The van der Waals surface area contributed by atoms with Crippen molar-refractivity contribution < 1.29 is 4.74 Å². The second-order valence-corrected chi connectivity index (χ2v) is 3.34. The Morgan fingerprint density at radius 2 is 2.50 bits per heavy atom. The molecule has 0 aromatic carbocycles. The van der Waals surface area contributed by atoms with E-state index in [2.05, 4.69) is 15.3 Å². The highest BCUT2D eigenvalue weighted by molar-refractivity contribution is 5.43. The molecule has 0 bridgehead atoms. The van der Waals surface area contributed by atoms with Crippen molar-refractivity contribution in [1.82, 2.24) is 9.97 Å². The van der Waals surface area contributed by atoms with Gasteiger partial charge in [-0.15, -0.1) is 0 Å². The lowest BCUT2D eigenvalue weighted by atomic mass is 10.2. The molecule has 1 fully saturated rings. The molecule has 1 atom stereocenters. The molecule has 76 valence electrons. The average Bonchev–Trinajstić information content (AvgIpc) is 2.67. The second-order valence-electron chi connectivity index (χ2n) is 3.34. The van der Waals surface area contributed by atoms with Gasteiger partial charge in [0.05, 0.1) is 6.10 Å². The van der Waals surface area contributed by atoms with Gasteiger partial charge in [0.15, 0.2) is 0 Å². The Morgan fingerprint density at radius 1 is 1.57 bits per heavy atom. The van der Waals surface area contributed by atoms with E-state index in [0.29, 0.717) is 11.9 Å². The number of rotatable bonds is 3. The maximum atomic E-state index is 5.52. The van der Waals surface area contributed by atoms with Crippen LogP contribution in [0.25, 0.3) is 0 Å². The summed E-state index contributed by atoms with van der Waals surface area (Å²) in [5, 5.41) is 3.17. The maximum Gasteiger partial charge on any atom is 0.131 e. The van der Waals surface area contributed by atoms with E-state index >= 15 is 0 Å². The number of aromatic nitrogens is 2. The normalized spacial score (nSPS) is 21.0. The fourth-order valence-corrected chi connectivity index (χ4v) is 1.49. The maximum absolute atomic E-state index is 5.52. The highest BCUT2D eigenvalue weighted by atomic mass is 16.5. The van der Waals surface area contributed by atoms with Crippen molar-refractivity contribution in [3.05, 3.63) is 12.4 Å². The number of nitrogen functional groups attached to an aromatic ring is 1. The number of nitrogens with two attached hydrogens (primary N) is 1. The van der Waals surface area contributed by atoms with E-state index in [1.807, 2.05) is 0 Å². The van der Waals surface area contributed by atoms with Crippen molar-refractivity contribution >= 4 is 11.6 Å². The summed E-state index contributed by atoms with van der Waals surface area (Å²) in [6.07, 6.45) is 4.03. The van der Waals surface area contributed by atoms with E-state index in [1.165, 1.54) is 6.33 Å². The molecule has 1 unspecified atom stereocenters. The minimum absolute atomic E-state index is 0.311. The van der Waals surface area contributed by atoms with Crippen LogP contribution < -0.4 is 11.1 Å². The van der Waals surface area contributed by atoms with Gasteiger partial charge >= 0.3 is 0 Å². The summed E-state index contributed by atoms with van der Waals surface area (Å²) in [4.78, 5) is 7.86. The lowest BCUT2D eigenvalue weighted by molar-refractivity contribution is 0.120. The van der Waals surface area contributed by atoms with Gasteiger partial charge in [-0.3, -0.25) is 0 Å². The first-order valence-corrected chi connectivity index (χ1v) is 4.77. The molecule has 0 aliphatic carbocycles. The van der Waals surface area contributed by atoms with Crippen LogP contribution in [-0.2, 0) is 4.74 Å². The quantitative estimate of drug-likeness (QED) is 0.739. The predicted molar refractivity (Wildman–Crippen MR) is 53.9 cm³/mol. The Kier molecular flexibility index (Phi) is 2.78. The van der Waals surface area contributed by atoms with Crippen molar-refractivity contribution in [1.29, 1.82) is 0 Å². The largest absolute Gasteiger partial charge is 0.384 e. The Hall–Kier alpha value is -1.36. The molecular weight excluding hydrogens is 180 g/mol. The van der Waals surface area contributed by atoms with Crippen molar-refractivity contribution in [2.45, 2.75) is 18.9 Å². The first-order valence-electron chi connectivity index (χ1n) is 4.77. The summed E-state index contributed by atoms with van der Waals surface area (Å²) < 4.78 is 5.47. The average molecular weight is 194 g/mol. The van der Waals surface area contributed by atoms with Gasteiger partial charge in [-0.2, -0.15) is 0 Å². The SMILES string of the molecule is Nc1cc(NCC2CCCO2)ncn1. The van der Waals surface area contributed by atoms with Crippen LogP contribution in [-0.4, -0.2) is 29.2 Å². The third kappa shape index (κ3) is 2.32. The summed E-state index contributed by atoms with van der Waals surface area (Å²) in [5.41, 5.74) is 5.52. The highest BCUT2D eigenvalue weighted by Crippen LogP contribution is 2.13. The number of nitrogens with one attached hydrogen (secondary N) is 1. The molecule has 0 radical (unpaired) electrons. The Balaban J connectivity index is 1.85. The molecule has 14 heavy (non-hydrogen) atoms. The van der Waals surface area contributed by atoms with Crippen molar-refractivity contribution in [3.8, 4) is 0 Å². The monoisotopic (exact) mass is 194 g/mol. The van der Waals surface area contributed by atoms with Crippen molar-refractivity contribution in [3.63, 3.8) is 0 Å². The van der Waals surface area contributed by atoms with Gasteiger partial charge in [-0.25, -0.2) is 9.97 Å². The third-order valence-electron chi connectivity index (χ3n) is 2.22. The second kappa shape index (κ2) is 4.23. The summed E-state index contributed by atoms with van der Waals surface area (Å²) in [5.74, 6) is 1.24. The van der Waals surface area contributed by atoms with Crippen LogP contribution in [0.3, 0.4) is 0 Å². The summed E-state index contributed by atoms with van der Waals surface area (Å²) in [6, 6.07) is 1.72. The predicted octanol–water partition coefficient (Wildman–Crippen LogP) is 0.650. The lowest BCUT2D eigenvalue weighted by Gasteiger charge is -2.10. The molecule has 5 nitrogen and oxygen atoms in total. The van der Waals surface area contributed by atoms with Crippen LogP contribution in [0.15, 0.2) is 12.4 Å². The number of hydrogen-bond donors (Lipinski definition) is 2. The zero-order chi connectivity index (χ0) is 9.80. The zero-order valence-electron chi connectivity index (χ0n) is 7.94. The number of anilines is 2. The van der Waals surface area contributed by atoms with E-state index in [9.17, 15) is 0 Å². The van der Waals surface area contributed by atoms with Crippen LogP contribution >= 0.6 is 0 Å². The van der Waals surface area contributed by atoms with Crippen molar-refractivity contribution in [2.24, 2.45) is 0 Å². The van der Waals surface area contributed by atoms with Gasteiger partial charge in [0, 0.05) is 19.2 Å². The van der Waals surface area contributed by atoms with Gasteiger partial charge < -0.3 is 15.8 Å². The van der Waals surface area contributed by atoms with Crippen LogP contribution in [0.2, 0.25) is 0 Å². The molecule has 2 heterocycles. The van der Waals surface area contributed by atoms with Gasteiger partial charge in [-0.1, -0.05) is 0 Å². The minimum atomic E-state index is 0.311. The van der Waals surface area contributed by atoms with Gasteiger partial charge in [0.25, 0.3) is 0 Å². The molecule has 3 N–H and O–H groups in total. The summed E-state index contributed by atoms with van der Waals surface area (Å²) >= 11 is 0. The molecule has 1 aromatic rings. The van der Waals surface area contributed by atoms with Gasteiger partial charge in [0.1, 0.15) is 18.0 Å². The zero-order valence-corrected chi connectivity index (χ0v) is 7.94. The minimum Gasteiger partial charge on any atom is -0.384 e. The van der Waals surface area contributed by atoms with E-state index in [0.717, 1.165) is 31.8 Å². The summed E-state index contributed by atoms with van der Waals surface area (Å²) in [6.45, 7) is 1.66. The lowest BCUT2D eigenvalue weighted by Crippen LogP contribution is -2.19.